The summed E-state index contributed by atoms with van der Waals surface area (Å²) in [5.74, 6) is -0.813. The molecule has 0 aliphatic heterocycles. The van der Waals surface area contributed by atoms with Gasteiger partial charge >= 0.3 is 11.9 Å². The maximum absolute atomic E-state index is 11.9. The molecule has 4 nitrogen and oxygen atoms in total. The van der Waals surface area contributed by atoms with Crippen molar-refractivity contribution < 1.29 is 19.1 Å². The van der Waals surface area contributed by atoms with E-state index in [-0.39, 0.29) is 0 Å². The van der Waals surface area contributed by atoms with Crippen molar-refractivity contribution in [3.8, 4) is 0 Å². The van der Waals surface area contributed by atoms with E-state index in [1.165, 1.54) is 14.2 Å². The lowest BCUT2D eigenvalue weighted by Gasteiger charge is -2.12. The summed E-state index contributed by atoms with van der Waals surface area (Å²) >= 11 is 0. The Morgan fingerprint density at radius 2 is 1.15 bits per heavy atom. The first-order chi connectivity index (χ1) is 9.62. The lowest BCUT2D eigenvalue weighted by molar-refractivity contribution is -0.139. The van der Waals surface area contributed by atoms with Crippen molar-refractivity contribution in [1.29, 1.82) is 0 Å². The molecular weight excluding hydrogens is 256 g/mol. The van der Waals surface area contributed by atoms with Crippen LogP contribution in [-0.4, -0.2) is 26.2 Å². The largest absolute Gasteiger partial charge is 0.466 e. The zero-order chi connectivity index (χ0) is 15.4. The summed E-state index contributed by atoms with van der Waals surface area (Å²) < 4.78 is 9.63. The number of ether oxygens (including phenoxy) is 2. The molecule has 0 saturated carbocycles. The molecule has 0 atom stereocenters. The highest BCUT2D eigenvalue weighted by Gasteiger charge is 2.21. The summed E-state index contributed by atoms with van der Waals surface area (Å²) in [6, 6.07) is 0. The number of hydrogen-bond donors (Lipinski definition) is 0. The van der Waals surface area contributed by atoms with Crippen molar-refractivity contribution >= 4 is 11.9 Å². The van der Waals surface area contributed by atoms with Crippen LogP contribution in [0, 0.1) is 0 Å². The normalized spacial score (nSPS) is 11.8. The Morgan fingerprint density at radius 3 is 1.55 bits per heavy atom. The molecule has 0 aromatic carbocycles. The Kier molecular flexibility index (Phi) is 10.7. The van der Waals surface area contributed by atoms with E-state index in [1.54, 1.807) is 0 Å². The molecule has 0 N–H and O–H groups in total. The predicted octanol–water partition coefficient (Wildman–Crippen LogP) is 3.79. The fourth-order valence-electron chi connectivity index (χ4n) is 2.08. The highest BCUT2D eigenvalue weighted by Crippen LogP contribution is 2.21. The molecule has 0 spiro atoms. The van der Waals surface area contributed by atoms with Gasteiger partial charge in [0.15, 0.2) is 0 Å². The molecule has 0 fully saturated rings. The molecule has 0 aliphatic rings. The van der Waals surface area contributed by atoms with Crippen molar-refractivity contribution in [2.75, 3.05) is 14.2 Å². The minimum Gasteiger partial charge on any atom is -0.466 e. The molecule has 0 bridgehead atoms. The van der Waals surface area contributed by atoms with Crippen LogP contribution in [0.1, 0.15) is 65.2 Å². The molecule has 0 aromatic rings. The third-order valence-electron chi connectivity index (χ3n) is 3.29. The monoisotopic (exact) mass is 284 g/mol. The molecule has 0 unspecified atom stereocenters. The Labute approximate surface area is 122 Å². The Balaban J connectivity index is 5.06. The van der Waals surface area contributed by atoms with E-state index >= 15 is 0 Å². The summed E-state index contributed by atoms with van der Waals surface area (Å²) in [5.41, 5.74) is 0.974. The maximum atomic E-state index is 11.9. The van der Waals surface area contributed by atoms with E-state index in [2.05, 4.69) is 6.92 Å². The first-order valence-electron chi connectivity index (χ1n) is 7.50. The van der Waals surface area contributed by atoms with Gasteiger partial charge in [0.05, 0.1) is 14.2 Å². The van der Waals surface area contributed by atoms with Crippen molar-refractivity contribution in [2.45, 2.75) is 65.2 Å². The van der Waals surface area contributed by atoms with Crippen LogP contribution in [0.5, 0.6) is 0 Å². The second-order valence-electron chi connectivity index (χ2n) is 4.85. The highest BCUT2D eigenvalue weighted by atomic mass is 16.5. The molecule has 116 valence electrons. The van der Waals surface area contributed by atoms with Crippen LogP contribution in [0.2, 0.25) is 0 Å². The summed E-state index contributed by atoms with van der Waals surface area (Å²) in [7, 11) is 2.70. The number of carbonyl (C=O) groups is 2. The van der Waals surface area contributed by atoms with E-state index in [9.17, 15) is 9.59 Å². The first kappa shape index (κ1) is 18.7. The van der Waals surface area contributed by atoms with Gasteiger partial charge in [-0.3, -0.25) is 0 Å². The minimum absolute atomic E-state index is 0.405. The van der Waals surface area contributed by atoms with Gasteiger partial charge in [-0.1, -0.05) is 39.5 Å². The van der Waals surface area contributed by atoms with Gasteiger partial charge in [-0.05, 0) is 25.7 Å². The number of unbranched alkanes of at least 4 members (excludes halogenated alkanes) is 4. The molecular formula is C16H28O4. The van der Waals surface area contributed by atoms with Gasteiger partial charge in [0.1, 0.15) is 0 Å². The highest BCUT2D eigenvalue weighted by molar-refractivity contribution is 6.00. The second kappa shape index (κ2) is 11.5. The summed E-state index contributed by atoms with van der Waals surface area (Å²) in [4.78, 5) is 23.8. The van der Waals surface area contributed by atoms with Crippen LogP contribution in [0.15, 0.2) is 11.1 Å². The van der Waals surface area contributed by atoms with Crippen molar-refractivity contribution in [2.24, 2.45) is 0 Å². The molecule has 0 aliphatic carbocycles. The number of rotatable bonds is 10. The van der Waals surface area contributed by atoms with Gasteiger partial charge in [-0.2, -0.15) is 0 Å². The Morgan fingerprint density at radius 1 is 0.700 bits per heavy atom. The van der Waals surface area contributed by atoms with E-state index in [0.717, 1.165) is 38.5 Å². The first-order valence-corrected chi connectivity index (χ1v) is 7.50. The Hall–Kier alpha value is -1.32. The molecule has 0 saturated heterocycles. The zero-order valence-corrected chi connectivity index (χ0v) is 13.3. The number of esters is 2. The second-order valence-corrected chi connectivity index (χ2v) is 4.85. The number of carbonyl (C=O) groups excluding carboxylic acids is 2. The summed E-state index contributed by atoms with van der Waals surface area (Å²) in [5, 5.41) is 0. The van der Waals surface area contributed by atoms with Gasteiger partial charge < -0.3 is 9.47 Å². The van der Waals surface area contributed by atoms with Crippen LogP contribution in [0.25, 0.3) is 0 Å². The third kappa shape index (κ3) is 6.73. The molecule has 0 amide bonds. The molecule has 0 radical (unpaired) electrons. The van der Waals surface area contributed by atoms with E-state index in [1.807, 2.05) is 6.92 Å². The minimum atomic E-state index is -0.408. The van der Waals surface area contributed by atoms with Gasteiger partial charge in [-0.15, -0.1) is 0 Å². The topological polar surface area (TPSA) is 52.6 Å². The predicted molar refractivity (Wildman–Crippen MR) is 79.3 cm³/mol. The lowest BCUT2D eigenvalue weighted by Crippen LogP contribution is -2.15. The van der Waals surface area contributed by atoms with E-state index < -0.39 is 11.9 Å². The lowest BCUT2D eigenvalue weighted by atomic mass is 9.97. The fourth-order valence-corrected chi connectivity index (χ4v) is 2.08. The third-order valence-corrected chi connectivity index (χ3v) is 3.29. The quantitative estimate of drug-likeness (QED) is 0.348. The molecule has 0 rings (SSSR count). The standard InChI is InChI=1S/C16H28O4/c1-5-7-9-10-12-14(16(18)20-4)13(11-8-6-2)15(17)19-3/h5-12H2,1-4H3/b14-13-. The van der Waals surface area contributed by atoms with Crippen LogP contribution in [0.4, 0.5) is 0 Å². The van der Waals surface area contributed by atoms with Gasteiger partial charge in [0, 0.05) is 11.1 Å². The molecule has 0 heterocycles. The van der Waals surface area contributed by atoms with Gasteiger partial charge in [-0.25, -0.2) is 9.59 Å². The van der Waals surface area contributed by atoms with Crippen LogP contribution >= 0.6 is 0 Å². The van der Waals surface area contributed by atoms with Crippen LogP contribution in [0.3, 0.4) is 0 Å². The maximum Gasteiger partial charge on any atom is 0.334 e. The van der Waals surface area contributed by atoms with E-state index in [4.69, 9.17) is 9.47 Å². The van der Waals surface area contributed by atoms with Gasteiger partial charge in [0.25, 0.3) is 0 Å². The van der Waals surface area contributed by atoms with Crippen molar-refractivity contribution in [1.82, 2.24) is 0 Å². The van der Waals surface area contributed by atoms with Crippen molar-refractivity contribution in [3.05, 3.63) is 11.1 Å². The number of hydrogen-bond acceptors (Lipinski definition) is 4. The average molecular weight is 284 g/mol. The Bertz CT molecular complexity index is 331. The van der Waals surface area contributed by atoms with E-state index in [0.29, 0.717) is 24.0 Å². The van der Waals surface area contributed by atoms with Crippen LogP contribution < -0.4 is 0 Å². The smallest absolute Gasteiger partial charge is 0.334 e. The van der Waals surface area contributed by atoms with Gasteiger partial charge in [0.2, 0.25) is 0 Å². The average Bonchev–Trinajstić information content (AvgIpc) is 2.48. The molecule has 20 heavy (non-hydrogen) atoms. The summed E-state index contributed by atoms with van der Waals surface area (Å²) in [6.45, 7) is 4.19. The van der Waals surface area contributed by atoms with Crippen molar-refractivity contribution in [3.63, 3.8) is 0 Å². The van der Waals surface area contributed by atoms with Crippen LogP contribution in [-0.2, 0) is 19.1 Å². The number of methoxy groups -OCH3 is 2. The SMILES string of the molecule is CCCCCC/C(C(=O)OC)=C(\CCCC)C(=O)OC. The zero-order valence-electron chi connectivity index (χ0n) is 13.3. The molecule has 0 aromatic heterocycles. The fraction of sp³-hybridized carbons (Fsp3) is 0.750. The summed E-state index contributed by atoms with van der Waals surface area (Å²) in [6.07, 6.45) is 7.20. The molecule has 4 heteroatoms.